The van der Waals surface area contributed by atoms with Crippen molar-refractivity contribution in [3.05, 3.63) is 30.0 Å². The minimum Gasteiger partial charge on any atom is -0.497 e. The molecule has 1 aromatic carbocycles. The topological polar surface area (TPSA) is 91.4 Å². The van der Waals surface area contributed by atoms with Gasteiger partial charge in [-0.1, -0.05) is 12.8 Å². The lowest BCUT2D eigenvalue weighted by atomic mass is 10.1. The molecular formula is C16H18N2O4. The summed E-state index contributed by atoms with van der Waals surface area (Å²) in [6.45, 7) is 0. The van der Waals surface area contributed by atoms with E-state index < -0.39 is 17.9 Å². The number of nitrogens with one attached hydrogen (secondary N) is 2. The van der Waals surface area contributed by atoms with Crippen molar-refractivity contribution in [2.24, 2.45) is 5.92 Å². The summed E-state index contributed by atoms with van der Waals surface area (Å²) < 4.78 is 5.15. The second-order valence-corrected chi connectivity index (χ2v) is 5.68. The van der Waals surface area contributed by atoms with Crippen LogP contribution < -0.4 is 10.1 Å². The van der Waals surface area contributed by atoms with Gasteiger partial charge in [0.1, 0.15) is 17.5 Å². The van der Waals surface area contributed by atoms with E-state index in [0.29, 0.717) is 23.8 Å². The van der Waals surface area contributed by atoms with Crippen LogP contribution in [0.15, 0.2) is 24.3 Å². The van der Waals surface area contributed by atoms with E-state index in [9.17, 15) is 14.7 Å². The minimum absolute atomic E-state index is 0.352. The van der Waals surface area contributed by atoms with Crippen molar-refractivity contribution < 1.29 is 19.4 Å². The van der Waals surface area contributed by atoms with Crippen molar-refractivity contribution in [2.45, 2.75) is 25.3 Å². The summed E-state index contributed by atoms with van der Waals surface area (Å²) >= 11 is 0. The van der Waals surface area contributed by atoms with Crippen molar-refractivity contribution in [3.63, 3.8) is 0 Å². The molecule has 116 valence electrons. The second kappa shape index (κ2) is 5.71. The molecule has 2 aromatic rings. The van der Waals surface area contributed by atoms with Gasteiger partial charge in [0.05, 0.1) is 7.11 Å². The summed E-state index contributed by atoms with van der Waals surface area (Å²) in [6.07, 6.45) is 2.59. The number of carbonyl (C=O) groups excluding carboxylic acids is 1. The number of ether oxygens (including phenoxy) is 1. The van der Waals surface area contributed by atoms with Crippen LogP contribution in [-0.2, 0) is 4.79 Å². The Labute approximate surface area is 127 Å². The third kappa shape index (κ3) is 3.05. The first kappa shape index (κ1) is 14.4. The molecule has 1 saturated carbocycles. The van der Waals surface area contributed by atoms with Gasteiger partial charge >= 0.3 is 5.97 Å². The quantitative estimate of drug-likeness (QED) is 0.762. The molecule has 1 aliphatic carbocycles. The van der Waals surface area contributed by atoms with Crippen LogP contribution in [0.1, 0.15) is 29.8 Å². The van der Waals surface area contributed by atoms with Crippen LogP contribution in [0.2, 0.25) is 0 Å². The van der Waals surface area contributed by atoms with Gasteiger partial charge in [-0.2, -0.15) is 0 Å². The predicted molar refractivity (Wildman–Crippen MR) is 81.1 cm³/mol. The maximum Gasteiger partial charge on any atom is 0.326 e. The Morgan fingerprint density at radius 1 is 1.41 bits per heavy atom. The lowest BCUT2D eigenvalue weighted by Crippen LogP contribution is -2.41. The van der Waals surface area contributed by atoms with Crippen LogP contribution in [-0.4, -0.2) is 35.1 Å². The maximum atomic E-state index is 12.2. The highest BCUT2D eigenvalue weighted by molar-refractivity contribution is 5.99. The van der Waals surface area contributed by atoms with Crippen LogP contribution in [0, 0.1) is 5.92 Å². The van der Waals surface area contributed by atoms with E-state index in [4.69, 9.17) is 4.74 Å². The zero-order valence-electron chi connectivity index (χ0n) is 12.3. The standard InChI is InChI=1S/C16H18N2O4/c1-22-11-4-5-12-10(7-11)8-13(17-12)15(19)18-14(16(20)21)6-9-2-3-9/h4-5,7-9,14,17H,2-3,6H2,1H3,(H,18,19)(H,20,21). The Bertz CT molecular complexity index is 718. The Kier molecular flexibility index (Phi) is 3.75. The molecule has 6 heteroatoms. The number of carbonyl (C=O) groups is 2. The van der Waals surface area contributed by atoms with E-state index in [1.807, 2.05) is 12.1 Å². The van der Waals surface area contributed by atoms with Crippen LogP contribution in [0.4, 0.5) is 0 Å². The average Bonchev–Trinajstić information content (AvgIpc) is 3.21. The molecule has 0 spiro atoms. The number of fused-ring (bicyclic) bond motifs is 1. The van der Waals surface area contributed by atoms with Crippen LogP contribution in [0.25, 0.3) is 10.9 Å². The number of aromatic amines is 1. The normalized spacial score (nSPS) is 15.5. The molecule has 1 heterocycles. The fraction of sp³-hybridized carbons (Fsp3) is 0.375. The van der Waals surface area contributed by atoms with Crippen molar-refractivity contribution >= 4 is 22.8 Å². The summed E-state index contributed by atoms with van der Waals surface area (Å²) in [7, 11) is 1.58. The number of amides is 1. The zero-order valence-corrected chi connectivity index (χ0v) is 12.3. The Morgan fingerprint density at radius 2 is 2.18 bits per heavy atom. The highest BCUT2D eigenvalue weighted by Gasteiger charge is 2.30. The Hall–Kier alpha value is -2.50. The fourth-order valence-corrected chi connectivity index (χ4v) is 2.50. The molecule has 0 saturated heterocycles. The van der Waals surface area contributed by atoms with Gasteiger partial charge in [0.2, 0.25) is 0 Å². The molecule has 0 aliphatic heterocycles. The van der Waals surface area contributed by atoms with Gasteiger partial charge in [-0.05, 0) is 36.6 Å². The predicted octanol–water partition coefficient (Wildman–Crippen LogP) is 2.16. The molecular weight excluding hydrogens is 284 g/mol. The number of benzene rings is 1. The summed E-state index contributed by atoms with van der Waals surface area (Å²) in [6, 6.07) is 6.31. The summed E-state index contributed by atoms with van der Waals surface area (Å²) in [5.74, 6) is -0.259. The van der Waals surface area contributed by atoms with Gasteiger partial charge < -0.3 is 20.1 Å². The molecule has 1 aromatic heterocycles. The maximum absolute atomic E-state index is 12.2. The molecule has 1 aliphatic rings. The van der Waals surface area contributed by atoms with Crippen molar-refractivity contribution in [1.29, 1.82) is 0 Å². The van der Waals surface area contributed by atoms with Crippen molar-refractivity contribution in [1.82, 2.24) is 10.3 Å². The molecule has 3 rings (SSSR count). The van der Waals surface area contributed by atoms with Gasteiger partial charge in [0.15, 0.2) is 0 Å². The highest BCUT2D eigenvalue weighted by Crippen LogP contribution is 2.33. The number of hydrogen-bond acceptors (Lipinski definition) is 3. The number of carboxylic acid groups (broad SMARTS) is 1. The van der Waals surface area contributed by atoms with Crippen molar-refractivity contribution in [2.75, 3.05) is 7.11 Å². The minimum atomic E-state index is -0.988. The Balaban J connectivity index is 1.77. The number of rotatable bonds is 6. The lowest BCUT2D eigenvalue weighted by Gasteiger charge is -2.13. The smallest absolute Gasteiger partial charge is 0.326 e. The Morgan fingerprint density at radius 3 is 2.82 bits per heavy atom. The van der Waals surface area contributed by atoms with E-state index in [2.05, 4.69) is 10.3 Å². The number of aliphatic carboxylic acids is 1. The first-order valence-corrected chi connectivity index (χ1v) is 7.27. The lowest BCUT2D eigenvalue weighted by molar-refractivity contribution is -0.139. The number of hydrogen-bond donors (Lipinski definition) is 3. The number of carboxylic acids is 1. The first-order chi connectivity index (χ1) is 10.6. The third-order valence-corrected chi connectivity index (χ3v) is 3.94. The van der Waals surface area contributed by atoms with Gasteiger partial charge in [0.25, 0.3) is 5.91 Å². The molecule has 1 amide bonds. The molecule has 1 atom stereocenters. The molecule has 0 radical (unpaired) electrons. The molecule has 3 N–H and O–H groups in total. The SMILES string of the molecule is COc1ccc2[nH]c(C(=O)NC(CC3CC3)C(=O)O)cc2c1. The summed E-state index contributed by atoms with van der Waals surface area (Å²) in [4.78, 5) is 26.5. The van der Waals surface area contributed by atoms with Crippen LogP contribution >= 0.6 is 0 Å². The molecule has 1 unspecified atom stereocenters. The molecule has 22 heavy (non-hydrogen) atoms. The van der Waals surface area contributed by atoms with E-state index >= 15 is 0 Å². The van der Waals surface area contributed by atoms with Gasteiger partial charge in [-0.25, -0.2) is 4.79 Å². The number of methoxy groups -OCH3 is 1. The van der Waals surface area contributed by atoms with E-state index in [-0.39, 0.29) is 0 Å². The van der Waals surface area contributed by atoms with E-state index in [0.717, 1.165) is 23.7 Å². The monoisotopic (exact) mass is 302 g/mol. The van der Waals surface area contributed by atoms with Gasteiger partial charge in [0, 0.05) is 10.9 Å². The van der Waals surface area contributed by atoms with Crippen LogP contribution in [0.3, 0.4) is 0 Å². The number of H-pyrrole nitrogens is 1. The van der Waals surface area contributed by atoms with Gasteiger partial charge in [-0.3, -0.25) is 4.79 Å². The summed E-state index contributed by atoms with van der Waals surface area (Å²) in [5, 5.41) is 12.7. The third-order valence-electron chi connectivity index (χ3n) is 3.94. The van der Waals surface area contributed by atoms with Gasteiger partial charge in [-0.15, -0.1) is 0 Å². The van der Waals surface area contributed by atoms with Crippen molar-refractivity contribution in [3.8, 4) is 5.75 Å². The largest absolute Gasteiger partial charge is 0.497 e. The first-order valence-electron chi connectivity index (χ1n) is 7.27. The van der Waals surface area contributed by atoms with E-state index in [1.54, 1.807) is 19.2 Å². The summed E-state index contributed by atoms with van der Waals surface area (Å²) in [5.41, 5.74) is 1.16. The van der Waals surface area contributed by atoms with Crippen LogP contribution in [0.5, 0.6) is 5.75 Å². The molecule has 1 fully saturated rings. The number of aromatic nitrogens is 1. The average molecular weight is 302 g/mol. The second-order valence-electron chi connectivity index (χ2n) is 5.68. The van der Waals surface area contributed by atoms with E-state index in [1.165, 1.54) is 0 Å². The fourth-order valence-electron chi connectivity index (χ4n) is 2.50. The molecule has 6 nitrogen and oxygen atoms in total. The highest BCUT2D eigenvalue weighted by atomic mass is 16.5. The molecule has 0 bridgehead atoms. The zero-order chi connectivity index (χ0) is 15.7.